The molecular formula is C21H25N3O2S2. The summed E-state index contributed by atoms with van der Waals surface area (Å²) in [6.45, 7) is 4.13. The van der Waals surface area contributed by atoms with Gasteiger partial charge in [0.1, 0.15) is 5.75 Å². The smallest absolute Gasteiger partial charge is 0.252 e. The summed E-state index contributed by atoms with van der Waals surface area (Å²) in [6.07, 6.45) is 4.39. The molecule has 3 aromatic rings. The van der Waals surface area contributed by atoms with E-state index in [9.17, 15) is 4.79 Å². The molecule has 0 radical (unpaired) electrons. The maximum absolute atomic E-state index is 12.9. The molecule has 7 heteroatoms. The molecule has 0 saturated heterocycles. The number of fused-ring (bicyclic) bond motifs is 1. The van der Waals surface area contributed by atoms with Crippen LogP contribution >= 0.6 is 22.7 Å². The van der Waals surface area contributed by atoms with E-state index in [1.165, 1.54) is 11.3 Å². The van der Waals surface area contributed by atoms with Gasteiger partial charge in [0.25, 0.3) is 5.91 Å². The number of thiophene rings is 1. The first-order chi connectivity index (χ1) is 13.6. The fourth-order valence-electron chi connectivity index (χ4n) is 2.74. The number of ether oxygens (including phenoxy) is 1. The number of hydrogen-bond donors (Lipinski definition) is 0. The molecule has 1 amide bonds. The van der Waals surface area contributed by atoms with Crippen LogP contribution in [0.4, 0.5) is 5.13 Å². The standard InChI is InChI=1S/C21H25N3O2S2/c1-4-26-16-8-10-18-19(15-16)28-21(22-18)24(13-6-12-23(2)3)20(25)11-9-17-7-5-14-27-17/h5,7-11,14-15H,4,6,12-13H2,1-3H3. The van der Waals surface area contributed by atoms with E-state index in [1.54, 1.807) is 22.3 Å². The summed E-state index contributed by atoms with van der Waals surface area (Å²) in [6, 6.07) is 9.84. The van der Waals surface area contributed by atoms with E-state index in [-0.39, 0.29) is 5.91 Å². The Morgan fingerprint density at radius 1 is 1.25 bits per heavy atom. The molecule has 0 spiro atoms. The fraction of sp³-hybridized carbons (Fsp3) is 0.333. The van der Waals surface area contributed by atoms with Crippen LogP contribution in [0.5, 0.6) is 5.75 Å². The molecule has 0 aliphatic rings. The van der Waals surface area contributed by atoms with Gasteiger partial charge in [-0.2, -0.15) is 0 Å². The first kappa shape index (κ1) is 20.5. The molecule has 0 N–H and O–H groups in total. The summed E-state index contributed by atoms with van der Waals surface area (Å²) in [5.74, 6) is 0.782. The zero-order valence-electron chi connectivity index (χ0n) is 16.4. The van der Waals surface area contributed by atoms with Crippen molar-refractivity contribution in [3.63, 3.8) is 0 Å². The Labute approximate surface area is 173 Å². The minimum absolute atomic E-state index is 0.0451. The zero-order valence-corrected chi connectivity index (χ0v) is 18.1. The second kappa shape index (κ2) is 9.82. The molecule has 148 valence electrons. The van der Waals surface area contributed by atoms with Gasteiger partial charge in [0, 0.05) is 17.5 Å². The van der Waals surface area contributed by atoms with E-state index in [4.69, 9.17) is 9.72 Å². The van der Waals surface area contributed by atoms with E-state index in [2.05, 4.69) is 4.90 Å². The summed E-state index contributed by atoms with van der Waals surface area (Å²) in [5, 5.41) is 2.73. The van der Waals surface area contributed by atoms with Gasteiger partial charge < -0.3 is 9.64 Å². The molecule has 1 aromatic carbocycles. The van der Waals surface area contributed by atoms with Gasteiger partial charge in [0.15, 0.2) is 5.13 Å². The SMILES string of the molecule is CCOc1ccc2nc(N(CCCN(C)C)C(=O)C=Cc3cccs3)sc2c1. The first-order valence-corrected chi connectivity index (χ1v) is 11.0. The van der Waals surface area contributed by atoms with Crippen molar-refractivity contribution in [2.45, 2.75) is 13.3 Å². The van der Waals surface area contributed by atoms with Crippen molar-refractivity contribution >= 4 is 50.0 Å². The minimum Gasteiger partial charge on any atom is -0.494 e. The van der Waals surface area contributed by atoms with Gasteiger partial charge in [0.2, 0.25) is 0 Å². The highest BCUT2D eigenvalue weighted by Crippen LogP contribution is 2.32. The second-order valence-electron chi connectivity index (χ2n) is 6.55. The number of benzene rings is 1. The molecule has 0 fully saturated rings. The number of carbonyl (C=O) groups is 1. The fourth-order valence-corrected chi connectivity index (χ4v) is 4.38. The van der Waals surface area contributed by atoms with Crippen LogP contribution in [0, 0.1) is 0 Å². The molecule has 2 heterocycles. The number of carbonyl (C=O) groups excluding carboxylic acids is 1. The van der Waals surface area contributed by atoms with Crippen molar-refractivity contribution in [2.75, 3.05) is 38.7 Å². The van der Waals surface area contributed by atoms with E-state index >= 15 is 0 Å². The van der Waals surface area contributed by atoms with Gasteiger partial charge in [0.05, 0.1) is 16.8 Å². The molecule has 0 bridgehead atoms. The monoisotopic (exact) mass is 415 g/mol. The first-order valence-electron chi connectivity index (χ1n) is 9.28. The van der Waals surface area contributed by atoms with Gasteiger partial charge in [-0.05, 0) is 69.7 Å². The summed E-state index contributed by atoms with van der Waals surface area (Å²) < 4.78 is 6.61. The van der Waals surface area contributed by atoms with Gasteiger partial charge in [-0.1, -0.05) is 17.4 Å². The van der Waals surface area contributed by atoms with Crippen LogP contribution in [0.1, 0.15) is 18.2 Å². The topological polar surface area (TPSA) is 45.7 Å². The van der Waals surface area contributed by atoms with Crippen LogP contribution in [0.25, 0.3) is 16.3 Å². The zero-order chi connectivity index (χ0) is 19.9. The maximum atomic E-state index is 12.9. The molecule has 2 aromatic heterocycles. The van der Waals surface area contributed by atoms with Crippen LogP contribution in [-0.4, -0.2) is 49.6 Å². The summed E-state index contributed by atoms with van der Waals surface area (Å²) in [4.78, 5) is 22.6. The predicted octanol–water partition coefficient (Wildman–Crippen LogP) is 4.75. The average molecular weight is 416 g/mol. The lowest BCUT2D eigenvalue weighted by atomic mass is 10.3. The molecule has 0 aliphatic heterocycles. The lowest BCUT2D eigenvalue weighted by Crippen LogP contribution is -2.32. The predicted molar refractivity (Wildman–Crippen MR) is 120 cm³/mol. The maximum Gasteiger partial charge on any atom is 0.252 e. The van der Waals surface area contributed by atoms with Gasteiger partial charge in [-0.25, -0.2) is 4.98 Å². The van der Waals surface area contributed by atoms with Crippen molar-refractivity contribution in [1.82, 2.24) is 9.88 Å². The van der Waals surface area contributed by atoms with Crippen LogP contribution in [-0.2, 0) is 4.79 Å². The number of hydrogen-bond acceptors (Lipinski definition) is 6. The van der Waals surface area contributed by atoms with Crippen molar-refractivity contribution in [1.29, 1.82) is 0 Å². The van der Waals surface area contributed by atoms with Gasteiger partial charge in [-0.3, -0.25) is 9.69 Å². The highest BCUT2D eigenvalue weighted by atomic mass is 32.1. The Hall–Kier alpha value is -2.22. The summed E-state index contributed by atoms with van der Waals surface area (Å²) >= 11 is 3.14. The Bertz CT molecular complexity index is 932. The number of aromatic nitrogens is 1. The third-order valence-corrected chi connectivity index (χ3v) is 5.96. The Balaban J connectivity index is 1.84. The van der Waals surface area contributed by atoms with Crippen LogP contribution in [0.2, 0.25) is 0 Å². The molecule has 5 nitrogen and oxygen atoms in total. The molecule has 0 saturated carbocycles. The quantitative estimate of drug-likeness (QED) is 0.473. The van der Waals surface area contributed by atoms with Crippen LogP contribution < -0.4 is 9.64 Å². The highest BCUT2D eigenvalue weighted by Gasteiger charge is 2.18. The molecule has 3 rings (SSSR count). The third-order valence-electron chi connectivity index (χ3n) is 4.08. The van der Waals surface area contributed by atoms with Crippen molar-refractivity contribution in [3.05, 3.63) is 46.7 Å². The lowest BCUT2D eigenvalue weighted by Gasteiger charge is -2.19. The van der Waals surface area contributed by atoms with Crippen molar-refractivity contribution in [3.8, 4) is 5.75 Å². The van der Waals surface area contributed by atoms with Gasteiger partial charge in [-0.15, -0.1) is 11.3 Å². The number of thiazole rings is 1. The van der Waals surface area contributed by atoms with E-state index < -0.39 is 0 Å². The van der Waals surface area contributed by atoms with Crippen LogP contribution in [0.3, 0.4) is 0 Å². The average Bonchev–Trinajstić information content (AvgIpc) is 3.32. The van der Waals surface area contributed by atoms with E-state index in [0.717, 1.165) is 38.9 Å². The molecular weight excluding hydrogens is 390 g/mol. The molecule has 28 heavy (non-hydrogen) atoms. The third kappa shape index (κ3) is 5.41. The van der Waals surface area contributed by atoms with Gasteiger partial charge >= 0.3 is 0 Å². The highest BCUT2D eigenvalue weighted by molar-refractivity contribution is 7.22. The minimum atomic E-state index is -0.0451. The second-order valence-corrected chi connectivity index (χ2v) is 8.54. The molecule has 0 unspecified atom stereocenters. The Morgan fingerprint density at radius 2 is 2.11 bits per heavy atom. The molecule has 0 atom stereocenters. The Morgan fingerprint density at radius 3 is 2.82 bits per heavy atom. The largest absolute Gasteiger partial charge is 0.494 e. The van der Waals surface area contributed by atoms with Crippen molar-refractivity contribution in [2.24, 2.45) is 0 Å². The molecule has 0 aliphatic carbocycles. The van der Waals surface area contributed by atoms with Crippen molar-refractivity contribution < 1.29 is 9.53 Å². The Kier molecular flexibility index (Phi) is 7.19. The van der Waals surface area contributed by atoms with Crippen LogP contribution in [0.15, 0.2) is 41.8 Å². The normalized spacial score (nSPS) is 11.6. The number of nitrogens with zero attached hydrogens (tertiary/aromatic N) is 3. The summed E-state index contributed by atoms with van der Waals surface area (Å²) in [5.41, 5.74) is 0.885. The number of rotatable bonds is 9. The number of amides is 1. The lowest BCUT2D eigenvalue weighted by molar-refractivity contribution is -0.114. The van der Waals surface area contributed by atoms with E-state index in [1.807, 2.05) is 62.8 Å². The number of anilines is 1. The summed E-state index contributed by atoms with van der Waals surface area (Å²) in [7, 11) is 4.08. The van der Waals surface area contributed by atoms with E-state index in [0.29, 0.717) is 13.2 Å².